The highest BCUT2D eigenvalue weighted by Crippen LogP contribution is 2.33. The molecule has 0 aromatic carbocycles. The number of piperidine rings is 1. The van der Waals surface area contributed by atoms with E-state index in [1.54, 1.807) is 0 Å². The van der Waals surface area contributed by atoms with Crippen LogP contribution >= 0.6 is 0 Å². The molecule has 0 amide bonds. The summed E-state index contributed by atoms with van der Waals surface area (Å²) in [6.07, 6.45) is 5.10. The summed E-state index contributed by atoms with van der Waals surface area (Å²) < 4.78 is 0. The number of likely N-dealkylation sites (tertiary alicyclic amines) is 1. The predicted molar refractivity (Wildman–Crippen MR) is 75.1 cm³/mol. The predicted octanol–water partition coefficient (Wildman–Crippen LogP) is 2.45. The molecule has 3 nitrogen and oxygen atoms in total. The minimum atomic E-state index is 0.305. The van der Waals surface area contributed by atoms with Gasteiger partial charge in [-0.25, -0.2) is 0 Å². The van der Waals surface area contributed by atoms with Gasteiger partial charge in [-0.3, -0.25) is 9.88 Å². The Labute approximate surface area is 110 Å². The highest BCUT2D eigenvalue weighted by Gasteiger charge is 2.33. The lowest BCUT2D eigenvalue weighted by atomic mass is 9.84. The maximum Gasteiger partial charge on any atom is 0.0488 e. The molecule has 1 aliphatic rings. The minimum absolute atomic E-state index is 0.305. The van der Waals surface area contributed by atoms with Crippen LogP contribution in [0.1, 0.15) is 38.8 Å². The van der Waals surface area contributed by atoms with Crippen LogP contribution in [0.5, 0.6) is 0 Å². The second-order valence-corrected chi connectivity index (χ2v) is 5.79. The Morgan fingerprint density at radius 1 is 1.44 bits per heavy atom. The van der Waals surface area contributed by atoms with Crippen molar-refractivity contribution < 1.29 is 0 Å². The molecular formula is C15H25N3. The number of nitrogens with zero attached hydrogens (tertiary/aromatic N) is 2. The molecule has 100 valence electrons. The molecule has 4 unspecified atom stereocenters. The molecule has 1 fully saturated rings. The van der Waals surface area contributed by atoms with E-state index in [2.05, 4.69) is 36.7 Å². The zero-order valence-corrected chi connectivity index (χ0v) is 11.7. The number of nitrogens with two attached hydrogens (primary N) is 1. The number of hydrogen-bond donors (Lipinski definition) is 1. The molecular weight excluding hydrogens is 222 g/mol. The Balaban J connectivity index is 2.21. The molecule has 1 aliphatic heterocycles. The summed E-state index contributed by atoms with van der Waals surface area (Å²) in [7, 11) is 0. The number of rotatable bonds is 3. The second kappa shape index (κ2) is 5.81. The van der Waals surface area contributed by atoms with E-state index in [1.165, 1.54) is 12.0 Å². The third-order valence-electron chi connectivity index (χ3n) is 4.34. The van der Waals surface area contributed by atoms with E-state index in [-0.39, 0.29) is 0 Å². The van der Waals surface area contributed by atoms with Gasteiger partial charge in [0, 0.05) is 37.6 Å². The SMILES string of the molecule is CC1CC(C)C(C)N(C(CN)c2cccnc2)C1. The van der Waals surface area contributed by atoms with E-state index in [0.29, 0.717) is 18.6 Å². The lowest BCUT2D eigenvalue weighted by Gasteiger charge is -2.45. The summed E-state index contributed by atoms with van der Waals surface area (Å²) in [4.78, 5) is 6.79. The highest BCUT2D eigenvalue weighted by molar-refractivity contribution is 5.15. The fraction of sp³-hybridized carbons (Fsp3) is 0.667. The van der Waals surface area contributed by atoms with Gasteiger partial charge in [0.05, 0.1) is 0 Å². The van der Waals surface area contributed by atoms with E-state index >= 15 is 0 Å². The lowest BCUT2D eigenvalue weighted by molar-refractivity contribution is 0.0423. The van der Waals surface area contributed by atoms with Crippen molar-refractivity contribution in [1.82, 2.24) is 9.88 Å². The third-order valence-corrected chi connectivity index (χ3v) is 4.34. The largest absolute Gasteiger partial charge is 0.329 e. The van der Waals surface area contributed by atoms with Crippen LogP contribution < -0.4 is 5.73 Å². The molecule has 2 rings (SSSR count). The Bertz CT molecular complexity index is 365. The number of hydrogen-bond acceptors (Lipinski definition) is 3. The fourth-order valence-corrected chi connectivity index (χ4v) is 3.21. The van der Waals surface area contributed by atoms with Crippen molar-refractivity contribution in [3.63, 3.8) is 0 Å². The Hall–Kier alpha value is -0.930. The van der Waals surface area contributed by atoms with E-state index in [0.717, 1.165) is 18.4 Å². The van der Waals surface area contributed by atoms with Crippen LogP contribution in [0.4, 0.5) is 0 Å². The van der Waals surface area contributed by atoms with Crippen LogP contribution in [0.3, 0.4) is 0 Å². The van der Waals surface area contributed by atoms with Crippen molar-refractivity contribution in [1.29, 1.82) is 0 Å². The zero-order chi connectivity index (χ0) is 13.1. The molecule has 2 heterocycles. The van der Waals surface area contributed by atoms with Gasteiger partial charge in [0.15, 0.2) is 0 Å². The maximum absolute atomic E-state index is 6.02. The van der Waals surface area contributed by atoms with Crippen molar-refractivity contribution in [2.24, 2.45) is 17.6 Å². The molecule has 1 saturated heterocycles. The van der Waals surface area contributed by atoms with Crippen LogP contribution in [0, 0.1) is 11.8 Å². The number of pyridine rings is 1. The molecule has 4 atom stereocenters. The monoisotopic (exact) mass is 247 g/mol. The van der Waals surface area contributed by atoms with Crippen LogP contribution in [0.25, 0.3) is 0 Å². The smallest absolute Gasteiger partial charge is 0.0488 e. The molecule has 1 aromatic heterocycles. The van der Waals surface area contributed by atoms with Crippen molar-refractivity contribution >= 4 is 0 Å². The van der Waals surface area contributed by atoms with Gasteiger partial charge in [-0.15, -0.1) is 0 Å². The fourth-order valence-electron chi connectivity index (χ4n) is 3.21. The van der Waals surface area contributed by atoms with Crippen LogP contribution in [0.2, 0.25) is 0 Å². The lowest BCUT2D eigenvalue weighted by Crippen LogP contribution is -2.49. The van der Waals surface area contributed by atoms with Crippen LogP contribution in [0.15, 0.2) is 24.5 Å². The summed E-state index contributed by atoms with van der Waals surface area (Å²) in [5.41, 5.74) is 7.26. The van der Waals surface area contributed by atoms with Crippen molar-refractivity contribution in [2.45, 2.75) is 39.3 Å². The zero-order valence-electron chi connectivity index (χ0n) is 11.7. The van der Waals surface area contributed by atoms with Gasteiger partial charge in [0.25, 0.3) is 0 Å². The van der Waals surface area contributed by atoms with E-state index in [4.69, 9.17) is 5.73 Å². The van der Waals surface area contributed by atoms with Crippen molar-refractivity contribution in [2.75, 3.05) is 13.1 Å². The van der Waals surface area contributed by atoms with E-state index in [1.807, 2.05) is 18.5 Å². The first-order chi connectivity index (χ1) is 8.63. The number of aromatic nitrogens is 1. The first kappa shape index (κ1) is 13.5. The van der Waals surface area contributed by atoms with Gasteiger partial charge < -0.3 is 5.73 Å². The summed E-state index contributed by atoms with van der Waals surface area (Å²) in [6.45, 7) is 8.82. The minimum Gasteiger partial charge on any atom is -0.329 e. The van der Waals surface area contributed by atoms with Crippen LogP contribution in [-0.2, 0) is 0 Å². The van der Waals surface area contributed by atoms with Gasteiger partial charge in [0.1, 0.15) is 0 Å². The quantitative estimate of drug-likeness (QED) is 0.892. The molecule has 1 aromatic rings. The molecule has 0 bridgehead atoms. The average molecular weight is 247 g/mol. The van der Waals surface area contributed by atoms with Crippen molar-refractivity contribution in [3.8, 4) is 0 Å². The molecule has 0 aliphatic carbocycles. The van der Waals surface area contributed by atoms with Gasteiger partial charge in [-0.1, -0.05) is 19.9 Å². The molecule has 0 saturated carbocycles. The summed E-state index contributed by atoms with van der Waals surface area (Å²) in [5.74, 6) is 1.49. The third kappa shape index (κ3) is 2.73. The van der Waals surface area contributed by atoms with Crippen molar-refractivity contribution in [3.05, 3.63) is 30.1 Å². The van der Waals surface area contributed by atoms with Crippen LogP contribution in [-0.4, -0.2) is 29.0 Å². The topological polar surface area (TPSA) is 42.1 Å². The Kier molecular flexibility index (Phi) is 4.36. The first-order valence-electron chi connectivity index (χ1n) is 6.99. The molecule has 2 N–H and O–H groups in total. The second-order valence-electron chi connectivity index (χ2n) is 5.79. The normalized spacial score (nSPS) is 31.2. The maximum atomic E-state index is 6.02. The molecule has 0 radical (unpaired) electrons. The standard InChI is InChI=1S/C15H25N3/c1-11-7-12(2)13(3)18(10-11)15(8-16)14-5-4-6-17-9-14/h4-6,9,11-13,15H,7-8,10,16H2,1-3H3. The summed E-state index contributed by atoms with van der Waals surface area (Å²) >= 11 is 0. The average Bonchev–Trinajstić information content (AvgIpc) is 2.37. The summed E-state index contributed by atoms with van der Waals surface area (Å²) in [6, 6.07) is 5.04. The summed E-state index contributed by atoms with van der Waals surface area (Å²) in [5, 5.41) is 0. The van der Waals surface area contributed by atoms with Gasteiger partial charge in [-0.2, -0.15) is 0 Å². The molecule has 3 heteroatoms. The van der Waals surface area contributed by atoms with E-state index < -0.39 is 0 Å². The molecule has 18 heavy (non-hydrogen) atoms. The molecule has 0 spiro atoms. The first-order valence-corrected chi connectivity index (χ1v) is 6.99. The Morgan fingerprint density at radius 2 is 2.22 bits per heavy atom. The Morgan fingerprint density at radius 3 is 2.83 bits per heavy atom. The van der Waals surface area contributed by atoms with Gasteiger partial charge in [-0.05, 0) is 36.8 Å². The van der Waals surface area contributed by atoms with Gasteiger partial charge in [0.2, 0.25) is 0 Å². The van der Waals surface area contributed by atoms with E-state index in [9.17, 15) is 0 Å². The van der Waals surface area contributed by atoms with Gasteiger partial charge >= 0.3 is 0 Å². The highest BCUT2D eigenvalue weighted by atomic mass is 15.2.